The zero-order valence-corrected chi connectivity index (χ0v) is 18.0. The van der Waals surface area contributed by atoms with Crippen LogP contribution in [0.5, 0.6) is 11.5 Å². The van der Waals surface area contributed by atoms with Gasteiger partial charge in [0, 0.05) is 39.8 Å². The molecule has 10 nitrogen and oxygen atoms in total. The second-order valence-corrected chi connectivity index (χ2v) is 7.43. The van der Waals surface area contributed by atoms with Gasteiger partial charge in [0.25, 0.3) is 0 Å². The van der Waals surface area contributed by atoms with Crippen LogP contribution < -0.4 is 19.7 Å². The van der Waals surface area contributed by atoms with Crippen molar-refractivity contribution in [2.24, 2.45) is 7.05 Å². The number of aryl methyl sites for hydroxylation is 1. The second kappa shape index (κ2) is 9.17. The molecule has 0 bridgehead atoms. The molecule has 31 heavy (non-hydrogen) atoms. The number of aromatic nitrogens is 4. The number of methoxy groups -OCH3 is 2. The number of hydrogen-bond donors (Lipinski definition) is 1. The molecule has 1 aliphatic rings. The molecule has 4 rings (SSSR count). The van der Waals surface area contributed by atoms with E-state index in [9.17, 15) is 4.79 Å². The highest BCUT2D eigenvalue weighted by atomic mass is 16.5. The van der Waals surface area contributed by atoms with Gasteiger partial charge < -0.3 is 19.7 Å². The Labute approximate surface area is 180 Å². The maximum absolute atomic E-state index is 12.4. The lowest BCUT2D eigenvalue weighted by Gasteiger charge is -2.35. The van der Waals surface area contributed by atoms with E-state index in [4.69, 9.17) is 9.47 Å². The summed E-state index contributed by atoms with van der Waals surface area (Å²) >= 11 is 0. The summed E-state index contributed by atoms with van der Waals surface area (Å²) < 4.78 is 12.3. The number of carbonyl (C=O) groups is 1. The molecule has 0 atom stereocenters. The van der Waals surface area contributed by atoms with Gasteiger partial charge in [-0.05, 0) is 17.7 Å². The third-order valence-electron chi connectivity index (χ3n) is 5.49. The highest BCUT2D eigenvalue weighted by Gasteiger charge is 2.22. The molecule has 2 aromatic heterocycles. The van der Waals surface area contributed by atoms with Crippen LogP contribution in [0.3, 0.4) is 0 Å². The van der Waals surface area contributed by atoms with Crippen molar-refractivity contribution in [2.75, 3.05) is 51.8 Å². The minimum atomic E-state index is -0.0000733. The molecule has 3 heterocycles. The Balaban J connectivity index is 1.28. The monoisotopic (exact) mass is 425 g/mol. The molecule has 0 unspecified atom stereocenters. The number of piperazine rings is 1. The van der Waals surface area contributed by atoms with Gasteiger partial charge in [-0.1, -0.05) is 6.07 Å². The number of nitrogens with one attached hydrogen (secondary N) is 1. The van der Waals surface area contributed by atoms with Gasteiger partial charge in [-0.25, -0.2) is 9.97 Å². The molecular formula is C21H27N7O3. The summed E-state index contributed by atoms with van der Waals surface area (Å²) in [7, 11) is 5.07. The normalized spacial score (nSPS) is 14.6. The topological polar surface area (TPSA) is 97.6 Å². The predicted octanol–water partition coefficient (Wildman–Crippen LogP) is 0.819. The molecule has 10 heteroatoms. The molecule has 1 fully saturated rings. The Morgan fingerprint density at radius 2 is 1.87 bits per heavy atom. The lowest BCUT2D eigenvalue weighted by molar-refractivity contribution is -0.122. The molecule has 0 spiro atoms. The van der Waals surface area contributed by atoms with Gasteiger partial charge in [-0.2, -0.15) is 5.10 Å². The molecule has 3 aromatic rings. The summed E-state index contributed by atoms with van der Waals surface area (Å²) in [5, 5.41) is 8.21. The van der Waals surface area contributed by atoms with E-state index in [0.717, 1.165) is 48.6 Å². The standard InChI is InChI=1S/C21H27N7O3/c1-26-20-16(12-25-26)21(24-14-23-20)28-8-6-27(7-9-28)13-19(29)22-11-15-4-5-17(30-2)18(10-15)31-3/h4-5,10,12,14H,6-9,11,13H2,1-3H3,(H,22,29). The number of rotatable bonds is 7. The van der Waals surface area contributed by atoms with E-state index in [1.54, 1.807) is 31.4 Å². The Bertz CT molecular complexity index is 1060. The van der Waals surface area contributed by atoms with Gasteiger partial charge >= 0.3 is 0 Å². The van der Waals surface area contributed by atoms with Crippen LogP contribution in [0.2, 0.25) is 0 Å². The number of nitrogens with zero attached hydrogens (tertiary/aromatic N) is 6. The molecule has 1 aliphatic heterocycles. The van der Waals surface area contributed by atoms with E-state index in [2.05, 4.69) is 30.2 Å². The summed E-state index contributed by atoms with van der Waals surface area (Å²) in [6, 6.07) is 5.63. The first kappa shape index (κ1) is 20.9. The fourth-order valence-corrected chi connectivity index (χ4v) is 3.77. The number of benzene rings is 1. The van der Waals surface area contributed by atoms with E-state index in [0.29, 0.717) is 24.6 Å². The number of amides is 1. The van der Waals surface area contributed by atoms with Gasteiger partial charge in [0.05, 0.1) is 32.3 Å². The highest BCUT2D eigenvalue weighted by Crippen LogP contribution is 2.27. The number of hydrogen-bond acceptors (Lipinski definition) is 8. The third-order valence-corrected chi connectivity index (χ3v) is 5.49. The van der Waals surface area contributed by atoms with E-state index < -0.39 is 0 Å². The predicted molar refractivity (Wildman–Crippen MR) is 116 cm³/mol. The average Bonchev–Trinajstić information content (AvgIpc) is 3.19. The van der Waals surface area contributed by atoms with E-state index >= 15 is 0 Å². The SMILES string of the molecule is COc1ccc(CNC(=O)CN2CCN(c3ncnc4c3cnn4C)CC2)cc1OC. The zero-order chi connectivity index (χ0) is 21.8. The fraction of sp³-hybridized carbons (Fsp3) is 0.429. The van der Waals surface area contributed by atoms with Crippen molar-refractivity contribution in [3.8, 4) is 11.5 Å². The smallest absolute Gasteiger partial charge is 0.234 e. The van der Waals surface area contributed by atoms with Crippen LogP contribution in [0.25, 0.3) is 11.0 Å². The summed E-state index contributed by atoms with van der Waals surface area (Å²) in [6.45, 7) is 3.98. The van der Waals surface area contributed by atoms with Crippen molar-refractivity contribution < 1.29 is 14.3 Å². The molecular weight excluding hydrogens is 398 g/mol. The maximum Gasteiger partial charge on any atom is 0.234 e. The Morgan fingerprint density at radius 3 is 2.61 bits per heavy atom. The van der Waals surface area contributed by atoms with Gasteiger partial charge in [0.15, 0.2) is 17.1 Å². The first-order valence-electron chi connectivity index (χ1n) is 10.2. The second-order valence-electron chi connectivity index (χ2n) is 7.43. The number of carbonyl (C=O) groups excluding carboxylic acids is 1. The molecule has 1 saturated heterocycles. The van der Waals surface area contributed by atoms with Gasteiger partial charge in [-0.3, -0.25) is 14.4 Å². The lowest BCUT2D eigenvalue weighted by atomic mass is 10.2. The van der Waals surface area contributed by atoms with Crippen molar-refractivity contribution in [2.45, 2.75) is 6.54 Å². The van der Waals surface area contributed by atoms with Crippen molar-refractivity contribution >= 4 is 22.8 Å². The molecule has 1 aromatic carbocycles. The van der Waals surface area contributed by atoms with Crippen molar-refractivity contribution in [3.05, 3.63) is 36.3 Å². The average molecular weight is 425 g/mol. The summed E-state index contributed by atoms with van der Waals surface area (Å²) in [6.07, 6.45) is 3.38. The molecule has 0 saturated carbocycles. The Kier molecular flexibility index (Phi) is 6.17. The third kappa shape index (κ3) is 4.53. The van der Waals surface area contributed by atoms with Crippen molar-refractivity contribution in [1.82, 2.24) is 30.0 Å². The molecule has 1 amide bonds. The molecule has 164 valence electrons. The Morgan fingerprint density at radius 1 is 1.10 bits per heavy atom. The molecule has 0 radical (unpaired) electrons. The van der Waals surface area contributed by atoms with Crippen LogP contribution in [0.4, 0.5) is 5.82 Å². The number of anilines is 1. The van der Waals surface area contributed by atoms with Crippen LogP contribution in [0.15, 0.2) is 30.7 Å². The van der Waals surface area contributed by atoms with Crippen LogP contribution >= 0.6 is 0 Å². The molecule has 0 aliphatic carbocycles. The first-order chi connectivity index (χ1) is 15.1. The van der Waals surface area contributed by atoms with E-state index in [1.807, 2.05) is 25.2 Å². The number of fused-ring (bicyclic) bond motifs is 1. The van der Waals surface area contributed by atoms with Crippen LogP contribution in [-0.2, 0) is 18.4 Å². The first-order valence-corrected chi connectivity index (χ1v) is 10.2. The summed E-state index contributed by atoms with van der Waals surface area (Å²) in [5.41, 5.74) is 1.78. The lowest BCUT2D eigenvalue weighted by Crippen LogP contribution is -2.49. The minimum Gasteiger partial charge on any atom is -0.493 e. The van der Waals surface area contributed by atoms with Crippen LogP contribution in [0.1, 0.15) is 5.56 Å². The largest absolute Gasteiger partial charge is 0.493 e. The quantitative estimate of drug-likeness (QED) is 0.594. The van der Waals surface area contributed by atoms with Gasteiger partial charge in [0.1, 0.15) is 12.1 Å². The maximum atomic E-state index is 12.4. The summed E-state index contributed by atoms with van der Waals surface area (Å²) in [4.78, 5) is 25.6. The van der Waals surface area contributed by atoms with Crippen molar-refractivity contribution in [1.29, 1.82) is 0 Å². The fourth-order valence-electron chi connectivity index (χ4n) is 3.77. The highest BCUT2D eigenvalue weighted by molar-refractivity contribution is 5.86. The number of ether oxygens (including phenoxy) is 2. The van der Waals surface area contributed by atoms with E-state index in [-0.39, 0.29) is 5.91 Å². The van der Waals surface area contributed by atoms with E-state index in [1.165, 1.54) is 0 Å². The van der Waals surface area contributed by atoms with Crippen molar-refractivity contribution in [3.63, 3.8) is 0 Å². The van der Waals surface area contributed by atoms with Crippen LogP contribution in [-0.4, -0.2) is 77.5 Å². The summed E-state index contributed by atoms with van der Waals surface area (Å²) in [5.74, 6) is 2.22. The van der Waals surface area contributed by atoms with Gasteiger partial charge in [0.2, 0.25) is 5.91 Å². The Hall–Kier alpha value is -3.40. The van der Waals surface area contributed by atoms with Gasteiger partial charge in [-0.15, -0.1) is 0 Å². The molecule has 1 N–H and O–H groups in total. The minimum absolute atomic E-state index is 0.0000733. The van der Waals surface area contributed by atoms with Crippen LogP contribution in [0, 0.1) is 0 Å². The zero-order valence-electron chi connectivity index (χ0n) is 18.0.